The minimum absolute atomic E-state index is 0.202. The maximum absolute atomic E-state index is 13.0. The minimum atomic E-state index is -3.97. The number of nitrogens with zero attached hydrogens (tertiary/aromatic N) is 5. The van der Waals surface area contributed by atoms with E-state index >= 15 is 0 Å². The van der Waals surface area contributed by atoms with Crippen LogP contribution in [0.5, 0.6) is 0 Å². The Kier molecular flexibility index (Phi) is 6.13. The first kappa shape index (κ1) is 22.8. The summed E-state index contributed by atoms with van der Waals surface area (Å²) in [6.45, 7) is 7.43. The first-order valence-electron chi connectivity index (χ1n) is 10.6. The summed E-state index contributed by atoms with van der Waals surface area (Å²) in [6.07, 6.45) is 0. The highest BCUT2D eigenvalue weighted by Gasteiger charge is 2.33. The average molecular weight is 468 g/mol. The Labute approximate surface area is 192 Å². The van der Waals surface area contributed by atoms with Gasteiger partial charge in [-0.1, -0.05) is 18.2 Å². The summed E-state index contributed by atoms with van der Waals surface area (Å²) < 4.78 is 27.3. The fourth-order valence-corrected chi connectivity index (χ4v) is 5.58. The number of rotatable bonds is 5. The molecule has 33 heavy (non-hydrogen) atoms. The highest BCUT2D eigenvalue weighted by atomic mass is 32.2. The first-order chi connectivity index (χ1) is 15.7. The zero-order valence-corrected chi connectivity index (χ0v) is 19.5. The van der Waals surface area contributed by atoms with Crippen molar-refractivity contribution in [1.82, 2.24) is 14.5 Å². The molecule has 1 aliphatic heterocycles. The second-order valence-electron chi connectivity index (χ2n) is 8.14. The molecule has 0 saturated carbocycles. The SMILES string of the molecule is Cc1cc(C)c(-c2ccc(N3CCN(S(=O)(=O)c4ccccc4[N+](=O)[O-])CC3)nn2)cc1C. The molecule has 10 heteroatoms. The summed E-state index contributed by atoms with van der Waals surface area (Å²) in [7, 11) is -3.97. The number of nitro groups is 1. The van der Waals surface area contributed by atoms with Crippen molar-refractivity contribution in [2.45, 2.75) is 25.7 Å². The predicted molar refractivity (Wildman–Crippen MR) is 126 cm³/mol. The van der Waals surface area contributed by atoms with Crippen LogP contribution in [0.1, 0.15) is 16.7 Å². The molecule has 172 valence electrons. The lowest BCUT2D eigenvalue weighted by Gasteiger charge is -2.34. The molecule has 0 spiro atoms. The van der Waals surface area contributed by atoms with Crippen molar-refractivity contribution in [3.8, 4) is 11.3 Å². The number of anilines is 1. The topological polar surface area (TPSA) is 110 Å². The van der Waals surface area contributed by atoms with Gasteiger partial charge in [-0.25, -0.2) is 8.42 Å². The lowest BCUT2D eigenvalue weighted by Crippen LogP contribution is -2.49. The molecule has 0 bridgehead atoms. The van der Waals surface area contributed by atoms with E-state index in [9.17, 15) is 18.5 Å². The van der Waals surface area contributed by atoms with Crippen molar-refractivity contribution in [1.29, 1.82) is 0 Å². The largest absolute Gasteiger partial charge is 0.352 e. The summed E-state index contributed by atoms with van der Waals surface area (Å²) in [4.78, 5) is 12.3. The normalized spacial score (nSPS) is 14.9. The summed E-state index contributed by atoms with van der Waals surface area (Å²) in [5.74, 6) is 0.669. The molecule has 1 aliphatic rings. The Morgan fingerprint density at radius 1 is 0.879 bits per heavy atom. The van der Waals surface area contributed by atoms with Crippen LogP contribution in [0.4, 0.5) is 11.5 Å². The van der Waals surface area contributed by atoms with Crippen LogP contribution in [0, 0.1) is 30.9 Å². The van der Waals surface area contributed by atoms with Gasteiger partial charge in [-0.3, -0.25) is 10.1 Å². The fourth-order valence-electron chi connectivity index (χ4n) is 4.00. The third-order valence-electron chi connectivity index (χ3n) is 6.01. The quantitative estimate of drug-likeness (QED) is 0.417. The van der Waals surface area contributed by atoms with Gasteiger partial charge in [0.25, 0.3) is 5.69 Å². The van der Waals surface area contributed by atoms with Gasteiger partial charge < -0.3 is 4.90 Å². The van der Waals surface area contributed by atoms with Crippen LogP contribution in [0.2, 0.25) is 0 Å². The number of aryl methyl sites for hydroxylation is 3. The second kappa shape index (κ2) is 8.87. The monoisotopic (exact) mass is 467 g/mol. The third kappa shape index (κ3) is 4.44. The number of nitro benzene ring substituents is 1. The Hall–Kier alpha value is -3.37. The molecular formula is C23H25N5O4S. The molecule has 1 fully saturated rings. The standard InChI is InChI=1S/C23H25N5O4S/c1-16-14-18(3)19(15-17(16)2)20-8-9-23(25-24-20)26-10-12-27(13-11-26)33(31,32)22-7-5-4-6-21(22)28(29)30/h4-9,14-15H,10-13H2,1-3H3. The van der Waals surface area contributed by atoms with Gasteiger partial charge in [0.1, 0.15) is 0 Å². The Morgan fingerprint density at radius 2 is 1.55 bits per heavy atom. The summed E-state index contributed by atoms with van der Waals surface area (Å²) >= 11 is 0. The van der Waals surface area contributed by atoms with Crippen molar-refractivity contribution in [2.24, 2.45) is 0 Å². The zero-order chi connectivity index (χ0) is 23.8. The van der Waals surface area contributed by atoms with Crippen LogP contribution >= 0.6 is 0 Å². The molecule has 0 aliphatic carbocycles. The van der Waals surface area contributed by atoms with Crippen molar-refractivity contribution in [3.05, 3.63) is 75.3 Å². The molecule has 0 unspecified atom stereocenters. The van der Waals surface area contributed by atoms with Crippen LogP contribution in [0.3, 0.4) is 0 Å². The van der Waals surface area contributed by atoms with Gasteiger partial charge in [0.05, 0.1) is 10.6 Å². The molecular weight excluding hydrogens is 442 g/mol. The number of hydrogen-bond donors (Lipinski definition) is 0. The molecule has 2 aromatic carbocycles. The number of aromatic nitrogens is 2. The number of piperazine rings is 1. The molecule has 0 N–H and O–H groups in total. The van der Waals surface area contributed by atoms with Crippen LogP contribution in [-0.2, 0) is 10.0 Å². The molecule has 4 rings (SSSR count). The number of benzene rings is 2. The van der Waals surface area contributed by atoms with Crippen molar-refractivity contribution < 1.29 is 13.3 Å². The van der Waals surface area contributed by atoms with Crippen LogP contribution in [-0.4, -0.2) is 54.0 Å². The van der Waals surface area contributed by atoms with Crippen molar-refractivity contribution >= 4 is 21.5 Å². The van der Waals surface area contributed by atoms with Crippen LogP contribution in [0.15, 0.2) is 53.4 Å². The van der Waals surface area contributed by atoms with E-state index in [2.05, 4.69) is 36.2 Å². The van der Waals surface area contributed by atoms with Gasteiger partial charge in [0.2, 0.25) is 10.0 Å². The van der Waals surface area contributed by atoms with E-state index in [0.717, 1.165) is 16.8 Å². The Bertz CT molecular complexity index is 1300. The van der Waals surface area contributed by atoms with Gasteiger partial charge >= 0.3 is 0 Å². The highest BCUT2D eigenvalue weighted by Crippen LogP contribution is 2.28. The minimum Gasteiger partial charge on any atom is -0.352 e. The molecule has 0 radical (unpaired) electrons. The van der Waals surface area contributed by atoms with Gasteiger partial charge in [-0.05, 0) is 61.7 Å². The van der Waals surface area contributed by atoms with E-state index in [-0.39, 0.29) is 18.0 Å². The molecule has 1 saturated heterocycles. The lowest BCUT2D eigenvalue weighted by atomic mass is 9.99. The molecule has 9 nitrogen and oxygen atoms in total. The maximum Gasteiger partial charge on any atom is 0.289 e. The summed E-state index contributed by atoms with van der Waals surface area (Å²) in [6, 6.07) is 13.5. The van der Waals surface area contributed by atoms with Crippen LogP contribution in [0.25, 0.3) is 11.3 Å². The maximum atomic E-state index is 13.0. The number of sulfonamides is 1. The van der Waals surface area contributed by atoms with Gasteiger partial charge in [-0.15, -0.1) is 10.2 Å². The lowest BCUT2D eigenvalue weighted by molar-refractivity contribution is -0.387. The van der Waals surface area contributed by atoms with Gasteiger partial charge in [-0.2, -0.15) is 4.31 Å². The zero-order valence-electron chi connectivity index (χ0n) is 18.7. The van der Waals surface area contributed by atoms with Crippen LogP contribution < -0.4 is 4.90 Å². The van der Waals surface area contributed by atoms with E-state index in [1.807, 2.05) is 24.0 Å². The average Bonchev–Trinajstić information content (AvgIpc) is 2.81. The smallest absolute Gasteiger partial charge is 0.289 e. The Balaban J connectivity index is 1.49. The van der Waals surface area contributed by atoms with E-state index in [1.165, 1.54) is 39.7 Å². The molecule has 0 atom stereocenters. The molecule has 3 aromatic rings. The first-order valence-corrected chi connectivity index (χ1v) is 12.0. The van der Waals surface area contributed by atoms with E-state index < -0.39 is 20.6 Å². The van der Waals surface area contributed by atoms with E-state index in [4.69, 9.17) is 0 Å². The molecule has 2 heterocycles. The van der Waals surface area contributed by atoms with Gasteiger partial charge in [0, 0.05) is 37.8 Å². The van der Waals surface area contributed by atoms with E-state index in [0.29, 0.717) is 18.9 Å². The highest BCUT2D eigenvalue weighted by molar-refractivity contribution is 7.89. The van der Waals surface area contributed by atoms with E-state index in [1.54, 1.807) is 0 Å². The third-order valence-corrected chi connectivity index (χ3v) is 7.96. The fraction of sp³-hybridized carbons (Fsp3) is 0.304. The second-order valence-corrected chi connectivity index (χ2v) is 10.1. The van der Waals surface area contributed by atoms with Crippen molar-refractivity contribution in [2.75, 3.05) is 31.1 Å². The van der Waals surface area contributed by atoms with Gasteiger partial charge in [0.15, 0.2) is 10.7 Å². The van der Waals surface area contributed by atoms with Crippen molar-refractivity contribution in [3.63, 3.8) is 0 Å². The summed E-state index contributed by atoms with van der Waals surface area (Å²) in [5, 5.41) is 20.1. The summed E-state index contributed by atoms with van der Waals surface area (Å²) in [5.41, 5.74) is 4.97. The number of para-hydroxylation sites is 1. The predicted octanol–water partition coefficient (Wildman–Crippen LogP) is 3.49. The number of hydrogen-bond acceptors (Lipinski definition) is 7. The molecule has 1 aromatic heterocycles. The molecule has 0 amide bonds. The Morgan fingerprint density at radius 3 is 2.18 bits per heavy atom.